The van der Waals surface area contributed by atoms with Crippen LogP contribution in [0.2, 0.25) is 0 Å². The van der Waals surface area contributed by atoms with Crippen molar-refractivity contribution in [2.24, 2.45) is 11.8 Å². The Labute approximate surface area is 108 Å². The van der Waals surface area contributed by atoms with Crippen LogP contribution in [0.5, 0.6) is 0 Å². The third kappa shape index (κ3) is 4.38. The van der Waals surface area contributed by atoms with Crippen LogP contribution in [0.3, 0.4) is 0 Å². The van der Waals surface area contributed by atoms with E-state index >= 15 is 0 Å². The predicted molar refractivity (Wildman–Crippen MR) is 73.4 cm³/mol. The summed E-state index contributed by atoms with van der Waals surface area (Å²) in [7, 11) is -1.22. The van der Waals surface area contributed by atoms with Crippen molar-refractivity contribution in [3.05, 3.63) is 0 Å². The third-order valence-electron chi connectivity index (χ3n) is 4.75. The minimum Gasteiger partial charge on any atom is -0.415 e. The first-order valence-corrected chi connectivity index (χ1v) is 8.83. The lowest BCUT2D eigenvalue weighted by Gasteiger charge is -2.33. The Hall–Kier alpha value is 0.137. The molecular formula is C14H28O2Si. The summed E-state index contributed by atoms with van der Waals surface area (Å²) >= 11 is 0. The van der Waals surface area contributed by atoms with Crippen LogP contribution in [0.25, 0.3) is 0 Å². The van der Waals surface area contributed by atoms with E-state index in [1.165, 1.54) is 70.6 Å². The second-order valence-corrected chi connectivity index (χ2v) is 6.56. The van der Waals surface area contributed by atoms with Gasteiger partial charge in [0.2, 0.25) is 0 Å². The van der Waals surface area contributed by atoms with Crippen LogP contribution < -0.4 is 0 Å². The van der Waals surface area contributed by atoms with Crippen LogP contribution in [0, 0.1) is 11.8 Å². The van der Waals surface area contributed by atoms with Crippen molar-refractivity contribution in [3.8, 4) is 0 Å². The Bertz CT molecular complexity index is 198. The van der Waals surface area contributed by atoms with E-state index < -0.39 is 10.0 Å². The lowest BCUT2D eigenvalue weighted by Crippen LogP contribution is -2.30. The van der Waals surface area contributed by atoms with Crippen LogP contribution in [0.4, 0.5) is 0 Å². The Morgan fingerprint density at radius 3 is 2.12 bits per heavy atom. The van der Waals surface area contributed by atoms with E-state index in [-0.39, 0.29) is 0 Å². The highest BCUT2D eigenvalue weighted by atomic mass is 28.2. The molecule has 0 radical (unpaired) electrons. The first kappa shape index (κ1) is 13.6. The van der Waals surface area contributed by atoms with Crippen LogP contribution in [-0.4, -0.2) is 20.9 Å². The zero-order valence-electron chi connectivity index (χ0n) is 11.1. The van der Waals surface area contributed by atoms with E-state index in [2.05, 4.69) is 0 Å². The second kappa shape index (κ2) is 7.55. The van der Waals surface area contributed by atoms with Crippen molar-refractivity contribution in [3.63, 3.8) is 0 Å². The van der Waals surface area contributed by atoms with Gasteiger partial charge in [-0.15, -0.1) is 0 Å². The van der Waals surface area contributed by atoms with E-state index in [0.29, 0.717) is 6.10 Å². The molecule has 0 aromatic carbocycles. The highest BCUT2D eigenvalue weighted by Gasteiger charge is 2.27. The summed E-state index contributed by atoms with van der Waals surface area (Å²) in [6.07, 6.45) is 15.5. The molecule has 0 aromatic heterocycles. The lowest BCUT2D eigenvalue weighted by atomic mass is 9.78. The van der Waals surface area contributed by atoms with Gasteiger partial charge in [-0.2, -0.15) is 0 Å². The standard InChI is InChI=1S/C14H28O2Si/c15-17-16-14(13-9-5-2-6-10-13)11-12-7-3-1-4-8-12/h12-15H,1-11,17H2. The molecule has 2 fully saturated rings. The fourth-order valence-corrected chi connectivity index (χ4v) is 4.35. The Morgan fingerprint density at radius 1 is 0.941 bits per heavy atom. The van der Waals surface area contributed by atoms with Crippen LogP contribution in [0.15, 0.2) is 0 Å². The average molecular weight is 256 g/mol. The molecule has 0 aromatic rings. The fourth-order valence-electron chi connectivity index (χ4n) is 3.75. The summed E-state index contributed by atoms with van der Waals surface area (Å²) in [4.78, 5) is 9.21. The quantitative estimate of drug-likeness (QED) is 0.766. The molecule has 1 N–H and O–H groups in total. The molecule has 2 aliphatic carbocycles. The van der Waals surface area contributed by atoms with Crippen LogP contribution in [0.1, 0.15) is 70.6 Å². The van der Waals surface area contributed by atoms with E-state index in [4.69, 9.17) is 4.43 Å². The van der Waals surface area contributed by atoms with Gasteiger partial charge >= 0.3 is 10.0 Å². The molecule has 0 spiro atoms. The molecule has 0 saturated heterocycles. The van der Waals surface area contributed by atoms with Crippen molar-refractivity contribution in [2.75, 3.05) is 0 Å². The Balaban J connectivity index is 1.81. The maximum Gasteiger partial charge on any atom is 0.302 e. The summed E-state index contributed by atoms with van der Waals surface area (Å²) < 4.78 is 5.78. The van der Waals surface area contributed by atoms with Crippen LogP contribution in [-0.2, 0) is 4.43 Å². The van der Waals surface area contributed by atoms with Gasteiger partial charge in [-0.25, -0.2) is 0 Å². The first-order valence-electron chi connectivity index (χ1n) is 7.62. The van der Waals surface area contributed by atoms with Gasteiger partial charge in [0, 0.05) is 6.10 Å². The van der Waals surface area contributed by atoms with Crippen LogP contribution >= 0.6 is 0 Å². The average Bonchev–Trinajstić information content (AvgIpc) is 2.40. The van der Waals surface area contributed by atoms with Crippen molar-refractivity contribution < 1.29 is 9.22 Å². The molecular weight excluding hydrogens is 228 g/mol. The third-order valence-corrected chi connectivity index (χ3v) is 5.33. The Kier molecular flexibility index (Phi) is 6.02. The minimum absolute atomic E-state index is 0.398. The van der Waals surface area contributed by atoms with Crippen molar-refractivity contribution in [1.29, 1.82) is 0 Å². The molecule has 0 amide bonds. The maximum absolute atomic E-state index is 9.21. The van der Waals surface area contributed by atoms with E-state index in [1.54, 1.807) is 0 Å². The zero-order valence-corrected chi connectivity index (χ0v) is 12.5. The highest BCUT2D eigenvalue weighted by molar-refractivity contribution is 6.15. The largest absolute Gasteiger partial charge is 0.415 e. The van der Waals surface area contributed by atoms with Gasteiger partial charge in [0.15, 0.2) is 0 Å². The highest BCUT2D eigenvalue weighted by Crippen LogP contribution is 2.34. The molecule has 0 heterocycles. The topological polar surface area (TPSA) is 29.5 Å². The summed E-state index contributed by atoms with van der Waals surface area (Å²) in [5.41, 5.74) is 0. The smallest absolute Gasteiger partial charge is 0.302 e. The molecule has 0 bridgehead atoms. The molecule has 2 nitrogen and oxygen atoms in total. The predicted octanol–water partition coefficient (Wildman–Crippen LogP) is 2.91. The van der Waals surface area contributed by atoms with Gasteiger partial charge in [-0.3, -0.25) is 0 Å². The van der Waals surface area contributed by atoms with E-state index in [0.717, 1.165) is 11.8 Å². The fraction of sp³-hybridized carbons (Fsp3) is 1.00. The maximum atomic E-state index is 9.21. The van der Waals surface area contributed by atoms with Crippen molar-refractivity contribution >= 4 is 10.0 Å². The minimum atomic E-state index is -1.22. The Morgan fingerprint density at radius 2 is 1.53 bits per heavy atom. The zero-order chi connectivity index (χ0) is 11.9. The lowest BCUT2D eigenvalue weighted by molar-refractivity contribution is 0.0679. The molecule has 2 aliphatic rings. The first-order chi connectivity index (χ1) is 8.40. The van der Waals surface area contributed by atoms with Gasteiger partial charge in [0.1, 0.15) is 0 Å². The normalized spacial score (nSPS) is 26.6. The molecule has 1 atom stereocenters. The molecule has 17 heavy (non-hydrogen) atoms. The van der Waals surface area contributed by atoms with Gasteiger partial charge < -0.3 is 9.22 Å². The van der Waals surface area contributed by atoms with E-state index in [9.17, 15) is 4.80 Å². The van der Waals surface area contributed by atoms with Crippen molar-refractivity contribution in [2.45, 2.75) is 76.7 Å². The van der Waals surface area contributed by atoms with Crippen molar-refractivity contribution in [1.82, 2.24) is 0 Å². The van der Waals surface area contributed by atoms with Gasteiger partial charge in [0.05, 0.1) is 0 Å². The van der Waals surface area contributed by atoms with Gasteiger partial charge in [0.25, 0.3) is 0 Å². The van der Waals surface area contributed by atoms with Gasteiger partial charge in [-0.1, -0.05) is 51.4 Å². The number of rotatable bonds is 5. The molecule has 0 aliphatic heterocycles. The molecule has 100 valence electrons. The number of hydrogen-bond donors (Lipinski definition) is 1. The summed E-state index contributed by atoms with van der Waals surface area (Å²) in [6.45, 7) is 0. The van der Waals surface area contributed by atoms with E-state index in [1.807, 2.05) is 0 Å². The SMILES string of the molecule is O[SiH2]OC(CC1CCCCC1)C1CCCCC1. The number of hydrogen-bond acceptors (Lipinski definition) is 2. The molecule has 3 heteroatoms. The molecule has 2 saturated carbocycles. The molecule has 2 rings (SSSR count). The summed E-state index contributed by atoms with van der Waals surface area (Å²) in [6, 6.07) is 0. The second-order valence-electron chi connectivity index (χ2n) is 5.97. The molecule has 1 unspecified atom stereocenters. The summed E-state index contributed by atoms with van der Waals surface area (Å²) in [5.74, 6) is 1.64. The summed E-state index contributed by atoms with van der Waals surface area (Å²) in [5, 5.41) is 0. The van der Waals surface area contributed by atoms with Gasteiger partial charge in [-0.05, 0) is 31.1 Å². The monoisotopic (exact) mass is 256 g/mol.